The highest BCUT2D eigenvalue weighted by Crippen LogP contribution is 2.38. The first-order chi connectivity index (χ1) is 13.1. The summed E-state index contributed by atoms with van der Waals surface area (Å²) < 4.78 is 2.08. The first kappa shape index (κ1) is 18.7. The Morgan fingerprint density at radius 1 is 1.37 bits per heavy atom. The zero-order valence-corrected chi connectivity index (χ0v) is 16.2. The van der Waals surface area contributed by atoms with Crippen LogP contribution in [0.1, 0.15) is 50.8 Å². The number of nitrogens with zero attached hydrogens (tertiary/aromatic N) is 4. The smallest absolute Gasteiger partial charge is 0.146 e. The second-order valence-corrected chi connectivity index (χ2v) is 6.70. The Balaban J connectivity index is 2.25. The fourth-order valence-electron chi connectivity index (χ4n) is 3.58. The van der Waals surface area contributed by atoms with Gasteiger partial charge in [-0.2, -0.15) is 0 Å². The molecule has 0 bridgehead atoms. The largest absolute Gasteiger partial charge is 0.383 e. The van der Waals surface area contributed by atoms with Crippen LogP contribution in [0.2, 0.25) is 0 Å². The Morgan fingerprint density at radius 2 is 2.19 bits per heavy atom. The predicted octanol–water partition coefficient (Wildman–Crippen LogP) is 4.52. The molecule has 3 rings (SSSR count). The first-order valence-corrected chi connectivity index (χ1v) is 9.20. The lowest BCUT2D eigenvalue weighted by molar-refractivity contribution is 0.742. The van der Waals surface area contributed by atoms with E-state index in [2.05, 4.69) is 37.6 Å². The minimum Gasteiger partial charge on any atom is -0.383 e. The van der Waals surface area contributed by atoms with E-state index in [0.29, 0.717) is 11.5 Å². The molecular formula is C22H25N5. The summed E-state index contributed by atoms with van der Waals surface area (Å²) >= 11 is 0. The van der Waals surface area contributed by atoms with E-state index < -0.39 is 0 Å². The molecule has 2 aromatic heterocycles. The van der Waals surface area contributed by atoms with Crippen molar-refractivity contribution < 1.29 is 0 Å². The summed E-state index contributed by atoms with van der Waals surface area (Å²) in [7, 11) is 2.01. The third-order valence-corrected chi connectivity index (χ3v) is 4.80. The van der Waals surface area contributed by atoms with Gasteiger partial charge in [-0.25, -0.2) is 9.97 Å². The highest BCUT2D eigenvalue weighted by molar-refractivity contribution is 6.01. The normalized spacial score (nSPS) is 16.0. The molecule has 2 heterocycles. The molecule has 5 heteroatoms. The lowest BCUT2D eigenvalue weighted by Gasteiger charge is -2.14. The number of aromatic nitrogens is 3. The van der Waals surface area contributed by atoms with Gasteiger partial charge in [0.25, 0.3) is 0 Å². The van der Waals surface area contributed by atoms with Crippen molar-refractivity contribution in [1.82, 2.24) is 14.5 Å². The maximum atomic E-state index is 6.25. The van der Waals surface area contributed by atoms with E-state index in [0.717, 1.165) is 40.7 Å². The molecule has 0 amide bonds. The second-order valence-electron chi connectivity index (χ2n) is 6.70. The van der Waals surface area contributed by atoms with E-state index in [9.17, 15) is 0 Å². The van der Waals surface area contributed by atoms with Crippen LogP contribution in [0.15, 0.2) is 34.7 Å². The number of allylic oxidation sites excluding steroid dienone is 5. The molecule has 0 saturated carbocycles. The van der Waals surface area contributed by atoms with Gasteiger partial charge in [-0.3, -0.25) is 4.99 Å². The van der Waals surface area contributed by atoms with Gasteiger partial charge < -0.3 is 10.3 Å². The van der Waals surface area contributed by atoms with E-state index in [1.807, 2.05) is 27.0 Å². The molecule has 0 aliphatic heterocycles. The number of nitrogen functional groups attached to an aromatic ring is 1. The number of hydrogen-bond donors (Lipinski definition) is 1. The van der Waals surface area contributed by atoms with Crippen molar-refractivity contribution in [3.8, 4) is 12.3 Å². The van der Waals surface area contributed by atoms with Gasteiger partial charge in [0.2, 0.25) is 0 Å². The molecule has 0 saturated heterocycles. The Morgan fingerprint density at radius 3 is 2.85 bits per heavy atom. The van der Waals surface area contributed by atoms with Crippen LogP contribution in [0, 0.1) is 12.3 Å². The lowest BCUT2D eigenvalue weighted by atomic mass is 9.91. The quantitative estimate of drug-likeness (QED) is 0.496. The van der Waals surface area contributed by atoms with Crippen LogP contribution < -0.4 is 5.73 Å². The molecule has 27 heavy (non-hydrogen) atoms. The van der Waals surface area contributed by atoms with E-state index in [1.165, 1.54) is 24.7 Å². The Labute approximate surface area is 160 Å². The molecule has 0 aromatic carbocycles. The number of aryl methyl sites for hydroxylation is 1. The Kier molecular flexibility index (Phi) is 5.56. The van der Waals surface area contributed by atoms with Crippen molar-refractivity contribution in [1.29, 1.82) is 0 Å². The highest BCUT2D eigenvalue weighted by Gasteiger charge is 2.21. The van der Waals surface area contributed by atoms with Crippen LogP contribution >= 0.6 is 0 Å². The van der Waals surface area contributed by atoms with Gasteiger partial charge in [0.15, 0.2) is 0 Å². The summed E-state index contributed by atoms with van der Waals surface area (Å²) in [5.41, 5.74) is 12.2. The molecule has 0 spiro atoms. The number of terminal acetylenes is 1. The maximum absolute atomic E-state index is 6.25. The fraction of sp³-hybridized carbons (Fsp3) is 0.318. The van der Waals surface area contributed by atoms with Crippen LogP contribution in [0.5, 0.6) is 0 Å². The molecule has 2 N–H and O–H groups in total. The van der Waals surface area contributed by atoms with Gasteiger partial charge in [-0.05, 0) is 62.8 Å². The van der Waals surface area contributed by atoms with Crippen molar-refractivity contribution >= 4 is 34.7 Å². The lowest BCUT2D eigenvalue weighted by Crippen LogP contribution is -1.97. The van der Waals surface area contributed by atoms with Crippen molar-refractivity contribution in [3.63, 3.8) is 0 Å². The van der Waals surface area contributed by atoms with Gasteiger partial charge >= 0.3 is 0 Å². The number of aliphatic imine (C=N–C) groups is 1. The van der Waals surface area contributed by atoms with Crippen molar-refractivity contribution in [2.45, 2.75) is 39.5 Å². The molecule has 0 atom stereocenters. The molecule has 0 unspecified atom stereocenters. The van der Waals surface area contributed by atoms with Gasteiger partial charge in [0, 0.05) is 18.8 Å². The average Bonchev–Trinajstić information content (AvgIpc) is 2.95. The van der Waals surface area contributed by atoms with E-state index in [1.54, 1.807) is 6.21 Å². The van der Waals surface area contributed by atoms with E-state index >= 15 is 0 Å². The topological polar surface area (TPSA) is 69.1 Å². The minimum absolute atomic E-state index is 0.518. The SMILES string of the molecule is C#C/C(=C/C(C)=C/c1c(C2=CCCCC2)c2c(N)ncnc2n1C)N=CC. The summed E-state index contributed by atoms with van der Waals surface area (Å²) in [5.74, 6) is 3.13. The summed E-state index contributed by atoms with van der Waals surface area (Å²) in [6, 6.07) is 0. The van der Waals surface area contributed by atoms with Crippen LogP contribution in [0.4, 0.5) is 5.82 Å². The second kappa shape index (κ2) is 8.05. The first-order valence-electron chi connectivity index (χ1n) is 9.20. The molecule has 1 aliphatic rings. The molecule has 5 nitrogen and oxygen atoms in total. The van der Waals surface area contributed by atoms with Crippen LogP contribution in [0.25, 0.3) is 22.7 Å². The average molecular weight is 359 g/mol. The minimum atomic E-state index is 0.518. The van der Waals surface area contributed by atoms with Gasteiger partial charge in [-0.15, -0.1) is 6.42 Å². The Hall–Kier alpha value is -3.13. The molecule has 1 aliphatic carbocycles. The molecule has 138 valence electrons. The standard InChI is InChI=1S/C22H25N5/c1-5-17(24-6-2)12-15(3)13-18-19(16-10-8-7-9-11-16)20-21(23)25-14-26-22(20)27(18)4/h1,6,10,12-14H,7-9,11H2,2-4H3,(H2,23,25,26)/b15-13+,17-12-,24-6?. The third kappa shape index (κ3) is 3.70. The summed E-state index contributed by atoms with van der Waals surface area (Å²) in [6.07, 6.45) is 19.7. The van der Waals surface area contributed by atoms with Crippen LogP contribution in [0.3, 0.4) is 0 Å². The van der Waals surface area contributed by atoms with Crippen molar-refractivity contribution in [3.05, 3.63) is 41.0 Å². The third-order valence-electron chi connectivity index (χ3n) is 4.80. The van der Waals surface area contributed by atoms with E-state index in [-0.39, 0.29) is 0 Å². The number of rotatable bonds is 4. The summed E-state index contributed by atoms with van der Waals surface area (Å²) in [4.78, 5) is 12.9. The van der Waals surface area contributed by atoms with E-state index in [4.69, 9.17) is 12.2 Å². The summed E-state index contributed by atoms with van der Waals surface area (Å²) in [6.45, 7) is 3.87. The number of fused-ring (bicyclic) bond motifs is 1. The van der Waals surface area contributed by atoms with Crippen molar-refractivity contribution in [2.24, 2.45) is 12.0 Å². The predicted molar refractivity (Wildman–Crippen MR) is 114 cm³/mol. The maximum Gasteiger partial charge on any atom is 0.146 e. The van der Waals surface area contributed by atoms with Crippen LogP contribution in [-0.4, -0.2) is 20.7 Å². The monoisotopic (exact) mass is 359 g/mol. The fourth-order valence-corrected chi connectivity index (χ4v) is 3.58. The van der Waals surface area contributed by atoms with Crippen LogP contribution in [-0.2, 0) is 7.05 Å². The Bertz CT molecular complexity index is 1030. The number of anilines is 1. The molecular weight excluding hydrogens is 334 g/mol. The van der Waals surface area contributed by atoms with Gasteiger partial charge in [0.05, 0.1) is 11.1 Å². The highest BCUT2D eigenvalue weighted by atomic mass is 15.1. The molecule has 2 aromatic rings. The van der Waals surface area contributed by atoms with Crippen molar-refractivity contribution in [2.75, 3.05) is 5.73 Å². The van der Waals surface area contributed by atoms with Gasteiger partial charge in [-0.1, -0.05) is 12.0 Å². The zero-order valence-electron chi connectivity index (χ0n) is 16.2. The summed E-state index contributed by atoms with van der Waals surface area (Å²) in [5, 5.41) is 0.930. The number of hydrogen-bond acceptors (Lipinski definition) is 4. The molecule has 0 radical (unpaired) electrons. The zero-order chi connectivity index (χ0) is 19.4. The number of nitrogens with two attached hydrogens (primary N) is 1. The van der Waals surface area contributed by atoms with Gasteiger partial charge in [0.1, 0.15) is 23.5 Å². The molecule has 0 fully saturated rings.